The van der Waals surface area contributed by atoms with E-state index in [0.717, 1.165) is 18.2 Å². The second-order valence-electron chi connectivity index (χ2n) is 4.98. The Labute approximate surface area is 122 Å². The van der Waals surface area contributed by atoms with Gasteiger partial charge < -0.3 is 5.11 Å². The molecule has 0 spiro atoms. The van der Waals surface area contributed by atoms with E-state index in [1.165, 1.54) is 19.1 Å². The van der Waals surface area contributed by atoms with Gasteiger partial charge in [-0.15, -0.1) is 0 Å². The van der Waals surface area contributed by atoms with Crippen molar-refractivity contribution < 1.29 is 26.7 Å². The molecule has 1 rings (SSSR count). The van der Waals surface area contributed by atoms with E-state index >= 15 is 0 Å². The number of aliphatic hydroxyl groups is 1. The van der Waals surface area contributed by atoms with Gasteiger partial charge in [-0.05, 0) is 31.5 Å². The van der Waals surface area contributed by atoms with Crippen LogP contribution in [0.3, 0.4) is 0 Å². The van der Waals surface area contributed by atoms with Crippen molar-refractivity contribution in [2.75, 3.05) is 11.5 Å². The molecule has 0 saturated heterocycles. The summed E-state index contributed by atoms with van der Waals surface area (Å²) in [5.74, 6) is -0.912. The van der Waals surface area contributed by atoms with Crippen molar-refractivity contribution in [1.82, 2.24) is 0 Å². The Morgan fingerprint density at radius 2 is 1.81 bits per heavy atom. The van der Waals surface area contributed by atoms with Crippen molar-refractivity contribution in [3.8, 4) is 0 Å². The minimum Gasteiger partial charge on any atom is -0.384 e. The van der Waals surface area contributed by atoms with Crippen LogP contribution in [0.15, 0.2) is 36.4 Å². The van der Waals surface area contributed by atoms with Crippen LogP contribution in [-0.2, 0) is 21.6 Å². The molecule has 0 amide bonds. The number of benzene rings is 1. The summed E-state index contributed by atoms with van der Waals surface area (Å²) in [7, 11) is -3.62. The van der Waals surface area contributed by atoms with E-state index in [1.807, 2.05) is 0 Å². The number of rotatable bonds is 5. The van der Waals surface area contributed by atoms with Gasteiger partial charge in [-0.25, -0.2) is 8.42 Å². The van der Waals surface area contributed by atoms with Crippen LogP contribution in [0, 0.1) is 0 Å². The zero-order valence-electron chi connectivity index (χ0n) is 11.7. The first kappa shape index (κ1) is 17.7. The maximum absolute atomic E-state index is 12.7. The monoisotopic (exact) mass is 322 g/mol. The highest BCUT2D eigenvalue weighted by Crippen LogP contribution is 2.32. The molecule has 1 unspecified atom stereocenters. The smallest absolute Gasteiger partial charge is 0.384 e. The minimum absolute atomic E-state index is 0.0821. The lowest BCUT2D eigenvalue weighted by Crippen LogP contribution is -2.32. The van der Waals surface area contributed by atoms with Gasteiger partial charge >= 0.3 is 6.18 Å². The molecule has 1 atom stereocenters. The molecule has 0 radical (unpaired) electrons. The first-order chi connectivity index (χ1) is 9.48. The quantitative estimate of drug-likeness (QED) is 0.848. The fraction of sp³-hybridized carbons (Fsp3) is 0.429. The van der Waals surface area contributed by atoms with E-state index in [0.29, 0.717) is 0 Å². The highest BCUT2D eigenvalue weighted by Gasteiger charge is 2.34. The van der Waals surface area contributed by atoms with Gasteiger partial charge in [0, 0.05) is 0 Å². The van der Waals surface area contributed by atoms with Gasteiger partial charge in [0.05, 0.1) is 17.1 Å². The van der Waals surface area contributed by atoms with Gasteiger partial charge in [-0.3, -0.25) is 0 Å². The average Bonchev–Trinajstić information content (AvgIpc) is 2.34. The predicted octanol–water partition coefficient (Wildman–Crippen LogP) is 2.90. The second kappa shape index (κ2) is 6.19. The molecule has 3 nitrogen and oxygen atoms in total. The number of hydrogen-bond donors (Lipinski definition) is 1. The van der Waals surface area contributed by atoms with Crippen LogP contribution in [-0.4, -0.2) is 25.0 Å². The molecule has 0 aliphatic carbocycles. The van der Waals surface area contributed by atoms with Gasteiger partial charge in [0.2, 0.25) is 0 Å². The van der Waals surface area contributed by atoms with E-state index < -0.39 is 32.9 Å². The summed E-state index contributed by atoms with van der Waals surface area (Å²) >= 11 is 0. The maximum atomic E-state index is 12.7. The summed E-state index contributed by atoms with van der Waals surface area (Å²) in [6.45, 7) is 2.84. The molecule has 0 bridgehead atoms. The van der Waals surface area contributed by atoms with E-state index in [9.17, 15) is 26.7 Å². The number of alkyl halides is 3. The number of halogens is 3. The Balaban J connectivity index is 3.08. The molecule has 0 heterocycles. The largest absolute Gasteiger partial charge is 0.416 e. The van der Waals surface area contributed by atoms with E-state index in [2.05, 4.69) is 0 Å². The lowest BCUT2D eigenvalue weighted by molar-refractivity contribution is -0.137. The molecular formula is C14H17F3O3S. The van der Waals surface area contributed by atoms with Gasteiger partial charge in [-0.2, -0.15) is 13.2 Å². The second-order valence-corrected chi connectivity index (χ2v) is 7.09. The van der Waals surface area contributed by atoms with E-state index in [1.54, 1.807) is 13.0 Å². The molecule has 21 heavy (non-hydrogen) atoms. The summed E-state index contributed by atoms with van der Waals surface area (Å²) in [4.78, 5) is 0. The molecule has 0 aliphatic rings. The van der Waals surface area contributed by atoms with Gasteiger partial charge in [0.15, 0.2) is 9.84 Å². The Hall–Kier alpha value is -1.34. The molecule has 1 N–H and O–H groups in total. The van der Waals surface area contributed by atoms with Crippen LogP contribution in [0.25, 0.3) is 0 Å². The van der Waals surface area contributed by atoms with Gasteiger partial charge in [0.1, 0.15) is 5.60 Å². The van der Waals surface area contributed by atoms with Crippen molar-refractivity contribution in [2.45, 2.75) is 25.6 Å². The lowest BCUT2D eigenvalue weighted by atomic mass is 9.96. The number of allylic oxidation sites excluding steroid dienone is 1. The van der Waals surface area contributed by atoms with Crippen molar-refractivity contribution >= 4 is 9.84 Å². The van der Waals surface area contributed by atoms with Crippen LogP contribution >= 0.6 is 0 Å². The van der Waals surface area contributed by atoms with Crippen LogP contribution in [0.5, 0.6) is 0 Å². The van der Waals surface area contributed by atoms with Crippen molar-refractivity contribution in [3.63, 3.8) is 0 Å². The molecule has 0 aromatic heterocycles. The zero-order chi connectivity index (χ0) is 16.3. The summed E-state index contributed by atoms with van der Waals surface area (Å²) in [5.41, 5.74) is -2.89. The molecule has 7 heteroatoms. The standard InChI is InChI=1S/C14H17F3O3S/c1-3-4-8-21(19,20)10-13(2,18)11-6-5-7-12(9-11)14(15,16)17/h3-7,9,18H,8,10H2,1-2H3. The third-order valence-corrected chi connectivity index (χ3v) is 4.60. The predicted molar refractivity (Wildman–Crippen MR) is 74.5 cm³/mol. The average molecular weight is 322 g/mol. The topological polar surface area (TPSA) is 54.4 Å². The van der Waals surface area contributed by atoms with Crippen molar-refractivity contribution in [3.05, 3.63) is 47.5 Å². The normalized spacial score (nSPS) is 16.1. The van der Waals surface area contributed by atoms with Crippen LogP contribution in [0.2, 0.25) is 0 Å². The molecule has 118 valence electrons. The molecule has 0 saturated carbocycles. The molecule has 0 fully saturated rings. The van der Waals surface area contributed by atoms with Gasteiger partial charge in [-0.1, -0.05) is 24.3 Å². The fourth-order valence-corrected chi connectivity index (χ4v) is 3.47. The van der Waals surface area contributed by atoms with Crippen LogP contribution in [0.4, 0.5) is 13.2 Å². The molecule has 1 aromatic rings. The van der Waals surface area contributed by atoms with Crippen LogP contribution < -0.4 is 0 Å². The maximum Gasteiger partial charge on any atom is 0.416 e. The highest BCUT2D eigenvalue weighted by molar-refractivity contribution is 7.91. The van der Waals surface area contributed by atoms with Gasteiger partial charge in [0.25, 0.3) is 0 Å². The Morgan fingerprint density at radius 1 is 1.24 bits per heavy atom. The lowest BCUT2D eigenvalue weighted by Gasteiger charge is -2.24. The molecular weight excluding hydrogens is 305 g/mol. The van der Waals surface area contributed by atoms with E-state index in [-0.39, 0.29) is 11.3 Å². The van der Waals surface area contributed by atoms with Crippen molar-refractivity contribution in [1.29, 1.82) is 0 Å². The third kappa shape index (κ3) is 5.17. The highest BCUT2D eigenvalue weighted by atomic mass is 32.2. The first-order valence-corrected chi connectivity index (χ1v) is 8.02. The molecule has 0 aliphatic heterocycles. The van der Waals surface area contributed by atoms with E-state index in [4.69, 9.17) is 0 Å². The Morgan fingerprint density at radius 3 is 2.33 bits per heavy atom. The number of sulfone groups is 1. The SMILES string of the molecule is CC=CCS(=O)(=O)CC(C)(O)c1cccc(C(F)(F)F)c1. The first-order valence-electron chi connectivity index (χ1n) is 6.20. The fourth-order valence-electron chi connectivity index (χ4n) is 1.84. The Bertz CT molecular complexity index is 617. The third-order valence-electron chi connectivity index (χ3n) is 2.90. The summed E-state index contributed by atoms with van der Waals surface area (Å²) in [6, 6.07) is 4.06. The zero-order valence-corrected chi connectivity index (χ0v) is 12.5. The van der Waals surface area contributed by atoms with Crippen LogP contribution in [0.1, 0.15) is 25.0 Å². The Kier molecular flexibility index (Phi) is 5.22. The summed E-state index contributed by atoms with van der Waals surface area (Å²) in [6.07, 6.45) is -1.58. The summed E-state index contributed by atoms with van der Waals surface area (Å²) in [5, 5.41) is 10.2. The minimum atomic E-state index is -4.55. The molecule has 1 aromatic carbocycles. The summed E-state index contributed by atoms with van der Waals surface area (Å²) < 4.78 is 61.6. The number of hydrogen-bond acceptors (Lipinski definition) is 3. The van der Waals surface area contributed by atoms with Crippen molar-refractivity contribution in [2.24, 2.45) is 0 Å².